The van der Waals surface area contributed by atoms with Gasteiger partial charge < -0.3 is 35.0 Å². The number of thiophene rings is 4. The minimum absolute atomic E-state index is 0.0204. The summed E-state index contributed by atoms with van der Waals surface area (Å²) in [6.07, 6.45) is 9.10. The van der Waals surface area contributed by atoms with Crippen LogP contribution in [-0.2, 0) is 23.9 Å². The Morgan fingerprint density at radius 2 is 0.711 bits per heavy atom. The number of Topliss-reactive ketones (excluding diaryl/α,β-unsaturated/α-hetero) is 1. The summed E-state index contributed by atoms with van der Waals surface area (Å²) in [5.41, 5.74) is 19.6. The number of aromatic nitrogens is 12. The van der Waals surface area contributed by atoms with E-state index in [1.807, 2.05) is 135 Å². The molecule has 0 aliphatic carbocycles. The van der Waals surface area contributed by atoms with Crippen LogP contribution in [0.5, 0.6) is 0 Å². The maximum absolute atomic E-state index is 13.2. The van der Waals surface area contributed by atoms with Crippen LogP contribution in [0, 0.1) is 83.1 Å². The van der Waals surface area contributed by atoms with E-state index in [4.69, 9.17) is 71.1 Å². The van der Waals surface area contributed by atoms with Crippen LogP contribution < -0.4 is 16.1 Å². The quantitative estimate of drug-likeness (QED) is 0.0272. The van der Waals surface area contributed by atoms with E-state index < -0.39 is 18.1 Å². The number of amides is 3. The van der Waals surface area contributed by atoms with Crippen LogP contribution in [0.25, 0.3) is 20.0 Å². The first-order valence-electron chi connectivity index (χ1n) is 48.1. The molecule has 12 aromatic rings. The number of nitrogens with one attached hydrogen (secondary N) is 3. The molecule has 4 atom stereocenters. The van der Waals surface area contributed by atoms with E-state index in [1.54, 1.807) is 57.8 Å². The van der Waals surface area contributed by atoms with Crippen molar-refractivity contribution in [3.63, 3.8) is 0 Å². The second kappa shape index (κ2) is 45.9. The highest BCUT2D eigenvalue weighted by Crippen LogP contribution is 2.46. The monoisotopic (exact) mass is 2070 g/mol. The number of piperazine rings is 2. The lowest BCUT2D eigenvalue weighted by Gasteiger charge is -2.32. The second-order valence-corrected chi connectivity index (χ2v) is 43.4. The van der Waals surface area contributed by atoms with E-state index in [9.17, 15) is 19.2 Å². The summed E-state index contributed by atoms with van der Waals surface area (Å²) in [5, 5.41) is 52.4. The van der Waals surface area contributed by atoms with Crippen molar-refractivity contribution >= 4 is 150 Å². The van der Waals surface area contributed by atoms with E-state index in [0.29, 0.717) is 69.9 Å². The first-order chi connectivity index (χ1) is 68.5. The topological polar surface area (TPSA) is 327 Å². The normalized spacial score (nSPS) is 17.9. The Morgan fingerprint density at radius 3 is 1.05 bits per heavy atom. The third-order valence-electron chi connectivity index (χ3n) is 27.0. The highest BCUT2D eigenvalue weighted by molar-refractivity contribution is 7.16. The van der Waals surface area contributed by atoms with Gasteiger partial charge in [0, 0.05) is 195 Å². The molecule has 0 bridgehead atoms. The molecular formula is C103H118Cl4N26O5S4. The molecule has 3 N–H and O–H groups in total. The number of carbonyl (C=O) groups is 4. The molecule has 16 heterocycles. The van der Waals surface area contributed by atoms with Gasteiger partial charge in [0.2, 0.25) is 17.7 Å². The lowest BCUT2D eigenvalue weighted by Crippen LogP contribution is -2.45. The summed E-state index contributed by atoms with van der Waals surface area (Å²) in [7, 11) is 4.32. The van der Waals surface area contributed by atoms with E-state index in [1.165, 1.54) is 36.2 Å². The zero-order valence-corrected chi connectivity index (χ0v) is 88.7. The Bertz CT molecular complexity index is 6870. The number of aliphatic imine (C=N–C) groups is 5. The van der Waals surface area contributed by atoms with Gasteiger partial charge in [0.15, 0.2) is 23.3 Å². The highest BCUT2D eigenvalue weighted by Gasteiger charge is 2.39. The van der Waals surface area contributed by atoms with Crippen molar-refractivity contribution in [2.24, 2.45) is 30.1 Å². The molecule has 8 aliphatic heterocycles. The standard InChI is InChI=1S/C27H34ClN7OS.C27H33ClN6OS.C25H29ClN6O2S.C24H22ClN7OS/c1-17-18(2)37-27-24(17)25(20-6-8-21(28)9-7-20)30-22(26-32-31-19(3)35(26)27)16-23(36)29-10-5-11-34-14-12-33(4)13-15-34;1-17-18(2)36-27-24(17)25(20-7-9-21(28)10-8-20)29-23(26-31-30-19(3)34(26)27)16-22(35)6-5-11-33-14-12-32(4)13-15-33;1-15-16(2)35-25-22(15)23(18-4-6-19(26)7-5-18)28-20(24-30-29-17(3)32(24)25)14-21(33)27-8-9-31-10-12-34-13-11-31;1-13-14(2)34-24-21(13)22(16-6-8-17(25)9-7-16)28-19(23-31-29-15(3)32(23)24)11-20(33)30-27-12-18-5-4-10-26-18/h6-9,22H,5,10-16H2,1-4H3,(H,29,36);7-10,23H,5-6,11-16H2,1-4H3;4-7,20H,8-14H2,1-3H3,(H,27,33);4,6-10,12,19H,5,11H2,1-3H3,(H,30,33)/b;;;27-12+/t;23-;;19-/m.0.0/s1. The Balaban J connectivity index is 0.000000130. The van der Waals surface area contributed by atoms with Crippen LogP contribution in [0.3, 0.4) is 0 Å². The van der Waals surface area contributed by atoms with Gasteiger partial charge in [0.1, 0.15) is 73.3 Å². The third kappa shape index (κ3) is 23.3. The van der Waals surface area contributed by atoms with Crippen LogP contribution in [0.15, 0.2) is 139 Å². The Kier molecular flexibility index (Phi) is 33.1. The Hall–Kier alpha value is -11.0. The summed E-state index contributed by atoms with van der Waals surface area (Å²) < 4.78 is 13.7. The number of aryl methyl sites for hydroxylation is 8. The zero-order chi connectivity index (χ0) is 99.8. The Labute approximate surface area is 863 Å². The van der Waals surface area contributed by atoms with Crippen molar-refractivity contribution in [2.45, 2.75) is 159 Å². The number of allylic oxidation sites excluding steroid dienone is 1. The maximum atomic E-state index is 13.2. The van der Waals surface area contributed by atoms with E-state index in [0.717, 1.165) is 239 Å². The summed E-state index contributed by atoms with van der Waals surface area (Å²) >= 11 is 31.5. The smallest absolute Gasteiger partial charge is 0.242 e. The number of hydrogen-bond acceptors (Lipinski definition) is 28. The zero-order valence-electron chi connectivity index (χ0n) is 82.4. The largest absolute Gasteiger partial charge is 0.379 e. The van der Waals surface area contributed by atoms with Crippen LogP contribution in [0.1, 0.15) is 208 Å². The van der Waals surface area contributed by atoms with Crippen molar-refractivity contribution < 1.29 is 23.9 Å². The van der Waals surface area contributed by atoms with Gasteiger partial charge in [-0.25, -0.2) is 5.43 Å². The van der Waals surface area contributed by atoms with Crippen molar-refractivity contribution in [1.82, 2.24) is 99.6 Å². The predicted molar refractivity (Wildman–Crippen MR) is 569 cm³/mol. The first kappa shape index (κ1) is 102. The van der Waals surface area contributed by atoms with Crippen molar-refractivity contribution in [3.8, 4) is 20.0 Å². The number of hydrazone groups is 1. The molecular weight excluding hydrogens is 1950 g/mol. The third-order valence-corrected chi connectivity index (χ3v) is 32.8. The first-order valence-corrected chi connectivity index (χ1v) is 52.9. The number of morpholine rings is 1. The number of nitrogens with zero attached hydrogens (tertiary/aromatic N) is 23. The molecule has 39 heteroatoms. The lowest BCUT2D eigenvalue weighted by atomic mass is 9.99. The van der Waals surface area contributed by atoms with Gasteiger partial charge in [-0.3, -0.25) is 67.3 Å². The fourth-order valence-electron chi connectivity index (χ4n) is 18.6. The van der Waals surface area contributed by atoms with Gasteiger partial charge >= 0.3 is 0 Å². The number of benzene rings is 4. The lowest BCUT2D eigenvalue weighted by molar-refractivity contribution is -0.122. The minimum atomic E-state index is -0.535. The summed E-state index contributed by atoms with van der Waals surface area (Å²) in [4.78, 5) is 93.7. The molecule has 3 saturated heterocycles. The van der Waals surface area contributed by atoms with Crippen LogP contribution >= 0.6 is 91.8 Å². The molecule has 4 aromatic carbocycles. The number of ether oxygens (including phenoxy) is 1. The van der Waals surface area contributed by atoms with Gasteiger partial charge in [-0.05, 0) is 194 Å². The number of halogens is 4. The van der Waals surface area contributed by atoms with Crippen LogP contribution in [-0.4, -0.2) is 267 Å². The number of likely N-dealkylation sites (N-methyl/N-ethyl adjacent to an activating group) is 2. The molecule has 20 rings (SSSR count). The highest BCUT2D eigenvalue weighted by atomic mass is 35.5. The van der Waals surface area contributed by atoms with E-state index in [2.05, 4.69) is 175 Å². The maximum Gasteiger partial charge on any atom is 0.242 e. The molecule has 8 aliphatic rings. The number of fused-ring (bicyclic) bond motifs is 12. The molecule has 0 radical (unpaired) electrons. The molecule has 2 unspecified atom stereocenters. The molecule has 3 fully saturated rings. The molecule has 31 nitrogen and oxygen atoms in total. The molecule has 742 valence electrons. The number of ketones is 1. The van der Waals surface area contributed by atoms with Gasteiger partial charge in [0.05, 0.1) is 67.2 Å². The Morgan fingerprint density at radius 1 is 0.394 bits per heavy atom. The van der Waals surface area contributed by atoms with Crippen molar-refractivity contribution in [3.05, 3.63) is 262 Å². The van der Waals surface area contributed by atoms with Crippen LogP contribution in [0.4, 0.5) is 0 Å². The van der Waals surface area contributed by atoms with Crippen molar-refractivity contribution in [1.29, 1.82) is 0 Å². The summed E-state index contributed by atoms with van der Waals surface area (Å²) in [6, 6.07) is 29.0. The average Bonchev–Trinajstić information content (AvgIpc) is 1.60. The number of hydrogen-bond donors (Lipinski definition) is 3. The number of carbonyl (C=O) groups excluding carboxylic acids is 4. The van der Waals surface area contributed by atoms with Crippen LogP contribution in [0.2, 0.25) is 20.1 Å². The summed E-state index contributed by atoms with van der Waals surface area (Å²) in [5.74, 6) is 5.80. The average molecular weight is 2070 g/mol. The SMILES string of the molecule is Cc1sc2c(c1C)C(c1ccc(Cl)cc1)=NC(CC(=O)NCCCN1CCN(C)CC1)c1nnc(C)n1-2.Cc1sc2c(c1C)C(c1ccc(Cl)cc1)=NC(CC(=O)NCCN1CCOCC1)c1nnc(C)n1-2.Cc1sc2c(c1C)C(c1ccc(Cl)cc1)=N[C@@H](CC(=O)CCCN1CCN(C)CC1)c1nnc(C)n1-2.Cc1sc2c(c1C)C(c1ccc(Cl)cc1)=N[C@@H](CC(=O)N/N=C/C1=NC=CC1)c1nnc(C)n1-2. The predicted octanol–water partition coefficient (Wildman–Crippen LogP) is 17.0. The molecule has 0 spiro atoms. The van der Waals surface area contributed by atoms with Gasteiger partial charge in [-0.15, -0.1) is 86.1 Å². The van der Waals surface area contributed by atoms with Gasteiger partial charge in [-0.1, -0.05) is 101 Å². The second-order valence-electron chi connectivity index (χ2n) is 36.9. The molecule has 142 heavy (non-hydrogen) atoms. The fourth-order valence-corrected chi connectivity index (χ4v) is 23.9. The summed E-state index contributed by atoms with van der Waals surface area (Å²) in [6.45, 7) is 40.8. The van der Waals surface area contributed by atoms with E-state index in [-0.39, 0.29) is 48.8 Å². The minimum Gasteiger partial charge on any atom is -0.379 e. The van der Waals surface area contributed by atoms with Gasteiger partial charge in [-0.2, -0.15) is 5.10 Å². The molecule has 3 amide bonds. The fraction of sp³-hybridized carbons (Fsp3) is 0.417. The molecule has 0 saturated carbocycles. The molecule has 8 aromatic heterocycles. The van der Waals surface area contributed by atoms with E-state index >= 15 is 0 Å². The van der Waals surface area contributed by atoms with Crippen molar-refractivity contribution in [2.75, 3.05) is 125 Å². The number of rotatable bonds is 25. The van der Waals surface area contributed by atoms with Gasteiger partial charge in [0.25, 0.3) is 0 Å².